The fourth-order valence-corrected chi connectivity index (χ4v) is 4.19. The van der Waals surface area contributed by atoms with Gasteiger partial charge >= 0.3 is 6.03 Å². The van der Waals surface area contributed by atoms with Gasteiger partial charge in [0.2, 0.25) is 0 Å². The first kappa shape index (κ1) is 19.6. The summed E-state index contributed by atoms with van der Waals surface area (Å²) in [6.45, 7) is 4.70. The second-order valence-corrected chi connectivity index (χ2v) is 8.08. The van der Waals surface area contributed by atoms with Crippen molar-refractivity contribution in [3.63, 3.8) is 0 Å². The van der Waals surface area contributed by atoms with E-state index in [0.717, 1.165) is 54.4 Å². The van der Waals surface area contributed by atoms with Gasteiger partial charge in [-0.25, -0.2) is 4.79 Å². The highest BCUT2D eigenvalue weighted by molar-refractivity contribution is 7.99. The molecule has 1 fully saturated rings. The molecule has 0 aliphatic carbocycles. The molecule has 0 aromatic heterocycles. The number of hydrogen-bond donors (Lipinski definition) is 3. The van der Waals surface area contributed by atoms with Crippen LogP contribution in [0.15, 0.2) is 53.4 Å². The maximum absolute atomic E-state index is 12.5. The van der Waals surface area contributed by atoms with Gasteiger partial charge in [0.15, 0.2) is 0 Å². The van der Waals surface area contributed by atoms with Crippen LogP contribution in [0.2, 0.25) is 0 Å². The van der Waals surface area contributed by atoms with Crippen LogP contribution < -0.4 is 10.6 Å². The zero-order valence-corrected chi connectivity index (χ0v) is 16.5. The summed E-state index contributed by atoms with van der Waals surface area (Å²) in [5.74, 6) is 1.26. The van der Waals surface area contributed by atoms with Gasteiger partial charge in [0.1, 0.15) is 5.75 Å². The number of carbonyl (C=O) groups excluding carboxylic acids is 1. The molecule has 6 heteroatoms. The van der Waals surface area contributed by atoms with E-state index in [1.54, 1.807) is 23.9 Å². The number of rotatable bonds is 6. The lowest BCUT2D eigenvalue weighted by molar-refractivity contribution is 0.183. The Morgan fingerprint density at radius 2 is 2.11 bits per heavy atom. The molecule has 1 saturated heterocycles. The number of para-hydroxylation sites is 1. The van der Waals surface area contributed by atoms with Crippen molar-refractivity contribution in [2.75, 3.05) is 24.2 Å². The molecule has 0 radical (unpaired) electrons. The highest BCUT2D eigenvalue weighted by Crippen LogP contribution is 2.26. The van der Waals surface area contributed by atoms with Crippen LogP contribution >= 0.6 is 11.8 Å². The molecule has 1 aliphatic heterocycles. The van der Waals surface area contributed by atoms with Gasteiger partial charge in [-0.1, -0.05) is 31.2 Å². The van der Waals surface area contributed by atoms with E-state index in [1.165, 1.54) is 0 Å². The fraction of sp³-hybridized carbons (Fsp3) is 0.381. The Kier molecular flexibility index (Phi) is 7.01. The number of piperidine rings is 1. The second kappa shape index (κ2) is 9.67. The quantitative estimate of drug-likeness (QED) is 0.649. The van der Waals surface area contributed by atoms with E-state index < -0.39 is 0 Å². The molecule has 1 heterocycles. The summed E-state index contributed by atoms with van der Waals surface area (Å²) >= 11 is 1.72. The molecule has 1 aliphatic rings. The topological polar surface area (TPSA) is 64.6 Å². The van der Waals surface area contributed by atoms with Crippen LogP contribution in [0.5, 0.6) is 5.75 Å². The fourth-order valence-electron chi connectivity index (χ4n) is 3.43. The Labute approximate surface area is 165 Å². The lowest BCUT2D eigenvalue weighted by Crippen LogP contribution is -2.48. The lowest BCUT2D eigenvalue weighted by Gasteiger charge is -2.33. The smallest absolute Gasteiger partial charge is 0.319 e. The van der Waals surface area contributed by atoms with Crippen molar-refractivity contribution >= 4 is 23.5 Å². The average molecular weight is 386 g/mol. The van der Waals surface area contributed by atoms with Gasteiger partial charge < -0.3 is 15.7 Å². The first-order chi connectivity index (χ1) is 13.1. The highest BCUT2D eigenvalue weighted by atomic mass is 32.2. The normalized spacial score (nSPS) is 17.4. The molecule has 0 saturated carbocycles. The Morgan fingerprint density at radius 3 is 2.93 bits per heavy atom. The van der Waals surface area contributed by atoms with Gasteiger partial charge in [-0.15, -0.1) is 11.8 Å². The molecule has 0 bridgehead atoms. The number of amides is 2. The predicted octanol–water partition coefficient (Wildman–Crippen LogP) is 4.29. The van der Waals surface area contributed by atoms with Crippen molar-refractivity contribution in [1.82, 2.24) is 10.2 Å². The van der Waals surface area contributed by atoms with Gasteiger partial charge in [-0.3, -0.25) is 4.90 Å². The average Bonchev–Trinajstić information content (AvgIpc) is 2.64. The Bertz CT molecular complexity index is 769. The van der Waals surface area contributed by atoms with Crippen LogP contribution in [-0.4, -0.2) is 40.9 Å². The second-order valence-electron chi connectivity index (χ2n) is 6.77. The summed E-state index contributed by atoms with van der Waals surface area (Å²) in [5, 5.41) is 15.7. The molecule has 5 nitrogen and oxygen atoms in total. The third-order valence-corrected chi connectivity index (χ3v) is 5.55. The largest absolute Gasteiger partial charge is 0.508 e. The number of aromatic hydroxyl groups is 1. The Hall–Kier alpha value is -2.18. The molecule has 27 heavy (non-hydrogen) atoms. The maximum Gasteiger partial charge on any atom is 0.319 e. The number of thioether (sulfide) groups is 1. The number of benzene rings is 2. The summed E-state index contributed by atoms with van der Waals surface area (Å²) in [6.07, 6.45) is 2.03. The molecule has 2 amide bonds. The van der Waals surface area contributed by atoms with Gasteiger partial charge in [0, 0.05) is 24.0 Å². The molecule has 2 aromatic rings. The zero-order valence-electron chi connectivity index (χ0n) is 15.6. The van der Waals surface area contributed by atoms with Crippen molar-refractivity contribution in [3.8, 4) is 5.75 Å². The van der Waals surface area contributed by atoms with Crippen LogP contribution in [0, 0.1) is 0 Å². The van der Waals surface area contributed by atoms with E-state index in [9.17, 15) is 9.90 Å². The zero-order chi connectivity index (χ0) is 19.1. The number of hydrogen-bond acceptors (Lipinski definition) is 4. The van der Waals surface area contributed by atoms with Crippen LogP contribution in [0.3, 0.4) is 0 Å². The summed E-state index contributed by atoms with van der Waals surface area (Å²) in [5.41, 5.74) is 1.94. The predicted molar refractivity (Wildman–Crippen MR) is 111 cm³/mol. The van der Waals surface area contributed by atoms with Gasteiger partial charge in [-0.05, 0) is 55.0 Å². The molecule has 144 valence electrons. The number of nitrogens with one attached hydrogen (secondary N) is 2. The van der Waals surface area contributed by atoms with Gasteiger partial charge in [0.25, 0.3) is 0 Å². The minimum absolute atomic E-state index is 0.127. The number of nitrogens with zero attached hydrogens (tertiary/aromatic N) is 1. The van der Waals surface area contributed by atoms with E-state index in [1.807, 2.05) is 36.4 Å². The summed E-state index contributed by atoms with van der Waals surface area (Å²) in [7, 11) is 0. The third kappa shape index (κ3) is 5.91. The molecule has 0 spiro atoms. The van der Waals surface area contributed by atoms with Gasteiger partial charge in [0.05, 0.1) is 5.69 Å². The van der Waals surface area contributed by atoms with E-state index in [-0.39, 0.29) is 12.1 Å². The van der Waals surface area contributed by atoms with E-state index in [4.69, 9.17) is 0 Å². The van der Waals surface area contributed by atoms with Crippen LogP contribution in [0.25, 0.3) is 0 Å². The third-order valence-electron chi connectivity index (χ3n) is 4.59. The van der Waals surface area contributed by atoms with E-state index >= 15 is 0 Å². The summed E-state index contributed by atoms with van der Waals surface area (Å²) in [6, 6.07) is 15.2. The first-order valence-corrected chi connectivity index (χ1v) is 10.4. The molecule has 1 atom stereocenters. The minimum Gasteiger partial charge on any atom is -0.508 e. The molecule has 3 N–H and O–H groups in total. The molecule has 0 unspecified atom stereocenters. The number of urea groups is 1. The van der Waals surface area contributed by atoms with Crippen LogP contribution in [0.1, 0.15) is 25.3 Å². The summed E-state index contributed by atoms with van der Waals surface area (Å²) < 4.78 is 0. The molecule has 2 aromatic carbocycles. The minimum atomic E-state index is -0.150. The van der Waals surface area contributed by atoms with Crippen molar-refractivity contribution in [2.24, 2.45) is 0 Å². The first-order valence-electron chi connectivity index (χ1n) is 9.43. The van der Waals surface area contributed by atoms with Crippen molar-refractivity contribution < 1.29 is 9.90 Å². The molecular weight excluding hydrogens is 358 g/mol. The maximum atomic E-state index is 12.5. The number of likely N-dealkylation sites (tertiary alicyclic amines) is 1. The SMILES string of the molecule is CCSc1ccccc1NC(=O)N[C@H]1CCCN(Cc2cccc(O)c2)C1. The summed E-state index contributed by atoms with van der Waals surface area (Å²) in [4.78, 5) is 15.9. The highest BCUT2D eigenvalue weighted by Gasteiger charge is 2.21. The lowest BCUT2D eigenvalue weighted by atomic mass is 10.0. The van der Waals surface area contributed by atoms with E-state index in [2.05, 4.69) is 22.5 Å². The Morgan fingerprint density at radius 1 is 1.26 bits per heavy atom. The van der Waals surface area contributed by atoms with Crippen LogP contribution in [0.4, 0.5) is 10.5 Å². The van der Waals surface area contributed by atoms with Crippen LogP contribution in [-0.2, 0) is 6.54 Å². The van der Waals surface area contributed by atoms with Crippen molar-refractivity contribution in [2.45, 2.75) is 37.2 Å². The standard InChI is InChI=1S/C21H27N3O2S/c1-2-27-20-11-4-3-10-19(20)23-21(26)22-17-8-6-12-24(15-17)14-16-7-5-9-18(25)13-16/h3-5,7,9-11,13,17,25H,2,6,8,12,14-15H2,1H3,(H2,22,23,26)/t17-/m0/s1. The van der Waals surface area contributed by atoms with E-state index in [0.29, 0.717) is 5.75 Å². The number of anilines is 1. The molecular formula is C21H27N3O2S. The van der Waals surface area contributed by atoms with Gasteiger partial charge in [-0.2, -0.15) is 0 Å². The number of phenolic OH excluding ortho intramolecular Hbond substituents is 1. The number of phenols is 1. The Balaban J connectivity index is 1.53. The monoisotopic (exact) mass is 385 g/mol. The van der Waals surface area contributed by atoms with Crippen molar-refractivity contribution in [3.05, 3.63) is 54.1 Å². The van der Waals surface area contributed by atoms with Crippen molar-refractivity contribution in [1.29, 1.82) is 0 Å². The molecule has 3 rings (SSSR count). The number of carbonyl (C=O) groups is 1.